The molecule has 3 N–H and O–H groups in total. The molecule has 0 bridgehead atoms. The zero-order valence-electron chi connectivity index (χ0n) is 9.30. The van der Waals surface area contributed by atoms with Crippen molar-refractivity contribution in [3.05, 3.63) is 23.8 Å². The third-order valence-electron chi connectivity index (χ3n) is 2.50. The highest BCUT2D eigenvalue weighted by atomic mass is 14.9. The number of hydrogen-bond acceptors (Lipinski definition) is 2. The second kappa shape index (κ2) is 4.89. The summed E-state index contributed by atoms with van der Waals surface area (Å²) in [6, 6.07) is 6.52. The lowest BCUT2D eigenvalue weighted by Gasteiger charge is -2.17. The van der Waals surface area contributed by atoms with Crippen LogP contribution in [0.2, 0.25) is 0 Å². The van der Waals surface area contributed by atoms with Crippen molar-refractivity contribution in [1.82, 2.24) is 0 Å². The third kappa shape index (κ3) is 2.66. The zero-order chi connectivity index (χ0) is 10.6. The Kier molecular flexibility index (Phi) is 3.81. The van der Waals surface area contributed by atoms with Crippen LogP contribution < -0.4 is 11.1 Å². The van der Waals surface area contributed by atoms with Gasteiger partial charge in [-0.3, -0.25) is 0 Å². The van der Waals surface area contributed by atoms with Crippen LogP contribution in [0.1, 0.15) is 32.3 Å². The van der Waals surface area contributed by atoms with E-state index in [1.54, 1.807) is 0 Å². The lowest BCUT2D eigenvalue weighted by atomic mass is 10.1. The first-order valence-electron chi connectivity index (χ1n) is 5.26. The predicted molar refractivity (Wildman–Crippen MR) is 63.6 cm³/mol. The Hall–Kier alpha value is -1.18. The number of nitrogens with one attached hydrogen (secondary N) is 1. The van der Waals surface area contributed by atoms with Crippen molar-refractivity contribution in [2.75, 3.05) is 11.1 Å². The van der Waals surface area contributed by atoms with E-state index in [0.717, 1.165) is 16.9 Å². The molecule has 0 aliphatic rings. The van der Waals surface area contributed by atoms with E-state index in [-0.39, 0.29) is 0 Å². The van der Waals surface area contributed by atoms with Crippen molar-refractivity contribution in [3.8, 4) is 0 Å². The van der Waals surface area contributed by atoms with Crippen LogP contribution in [0.5, 0.6) is 0 Å². The van der Waals surface area contributed by atoms with E-state index < -0.39 is 0 Å². The summed E-state index contributed by atoms with van der Waals surface area (Å²) >= 11 is 0. The summed E-state index contributed by atoms with van der Waals surface area (Å²) in [5.74, 6) is 0. The van der Waals surface area contributed by atoms with Gasteiger partial charge in [-0.2, -0.15) is 0 Å². The van der Waals surface area contributed by atoms with Crippen LogP contribution in [0.25, 0.3) is 0 Å². The van der Waals surface area contributed by atoms with Gasteiger partial charge < -0.3 is 11.1 Å². The first-order valence-corrected chi connectivity index (χ1v) is 5.26. The summed E-state index contributed by atoms with van der Waals surface area (Å²) in [6.45, 7) is 6.45. The van der Waals surface area contributed by atoms with Gasteiger partial charge in [-0.05, 0) is 38.0 Å². The summed E-state index contributed by atoms with van der Waals surface area (Å²) < 4.78 is 0. The molecular formula is C12H20N2. The van der Waals surface area contributed by atoms with Crippen molar-refractivity contribution in [2.45, 2.75) is 39.7 Å². The van der Waals surface area contributed by atoms with Crippen LogP contribution >= 0.6 is 0 Å². The molecule has 0 aromatic heterocycles. The standard InChI is InChI=1S/C12H20N2/c1-4-6-9(2)14-12-8-5-7-11(13)10(12)3/h5,7-9,14H,4,6,13H2,1-3H3. The molecule has 0 amide bonds. The molecule has 1 rings (SSSR count). The molecule has 1 aromatic carbocycles. The quantitative estimate of drug-likeness (QED) is 0.719. The Morgan fingerprint density at radius 3 is 2.79 bits per heavy atom. The molecule has 0 fully saturated rings. The summed E-state index contributed by atoms with van der Waals surface area (Å²) in [4.78, 5) is 0. The number of nitrogens with two attached hydrogens (primary N) is 1. The Labute approximate surface area is 86.5 Å². The smallest absolute Gasteiger partial charge is 0.0392 e. The molecule has 14 heavy (non-hydrogen) atoms. The van der Waals surface area contributed by atoms with E-state index in [2.05, 4.69) is 32.2 Å². The molecule has 0 saturated heterocycles. The molecule has 0 heterocycles. The fourth-order valence-corrected chi connectivity index (χ4v) is 1.58. The second-order valence-electron chi connectivity index (χ2n) is 3.85. The van der Waals surface area contributed by atoms with Gasteiger partial charge in [0, 0.05) is 17.4 Å². The molecule has 2 heteroatoms. The van der Waals surface area contributed by atoms with E-state index >= 15 is 0 Å². The van der Waals surface area contributed by atoms with Gasteiger partial charge in [0.05, 0.1) is 0 Å². The van der Waals surface area contributed by atoms with Crippen molar-refractivity contribution in [2.24, 2.45) is 0 Å². The van der Waals surface area contributed by atoms with Crippen LogP contribution in [0.4, 0.5) is 11.4 Å². The first kappa shape index (κ1) is 10.9. The van der Waals surface area contributed by atoms with Crippen LogP contribution in [0.15, 0.2) is 18.2 Å². The van der Waals surface area contributed by atoms with Crippen molar-refractivity contribution < 1.29 is 0 Å². The average molecular weight is 192 g/mol. The van der Waals surface area contributed by atoms with E-state index in [4.69, 9.17) is 5.73 Å². The molecule has 2 nitrogen and oxygen atoms in total. The molecule has 78 valence electrons. The first-order chi connectivity index (χ1) is 6.65. The minimum absolute atomic E-state index is 0.514. The molecule has 0 spiro atoms. The lowest BCUT2D eigenvalue weighted by Crippen LogP contribution is -2.15. The van der Waals surface area contributed by atoms with Gasteiger partial charge in [-0.1, -0.05) is 19.4 Å². The van der Waals surface area contributed by atoms with Crippen molar-refractivity contribution >= 4 is 11.4 Å². The van der Waals surface area contributed by atoms with Gasteiger partial charge in [0.1, 0.15) is 0 Å². The van der Waals surface area contributed by atoms with Gasteiger partial charge in [0.25, 0.3) is 0 Å². The minimum Gasteiger partial charge on any atom is -0.398 e. The minimum atomic E-state index is 0.514. The summed E-state index contributed by atoms with van der Waals surface area (Å²) in [6.07, 6.45) is 2.39. The van der Waals surface area contributed by atoms with Crippen LogP contribution in [-0.4, -0.2) is 6.04 Å². The Morgan fingerprint density at radius 1 is 1.43 bits per heavy atom. The summed E-state index contributed by atoms with van der Waals surface area (Å²) in [7, 11) is 0. The maximum Gasteiger partial charge on any atom is 0.0392 e. The monoisotopic (exact) mass is 192 g/mol. The SMILES string of the molecule is CCCC(C)Nc1cccc(N)c1C. The fraction of sp³-hybridized carbons (Fsp3) is 0.500. The number of benzene rings is 1. The molecule has 0 radical (unpaired) electrons. The summed E-state index contributed by atoms with van der Waals surface area (Å²) in [5, 5.41) is 3.47. The fourth-order valence-electron chi connectivity index (χ4n) is 1.58. The van der Waals surface area contributed by atoms with Gasteiger partial charge in [0.2, 0.25) is 0 Å². The zero-order valence-corrected chi connectivity index (χ0v) is 9.30. The molecule has 0 aliphatic carbocycles. The van der Waals surface area contributed by atoms with Gasteiger partial charge in [-0.15, -0.1) is 0 Å². The highest BCUT2D eigenvalue weighted by Gasteiger charge is 2.04. The average Bonchev–Trinajstić information content (AvgIpc) is 2.13. The molecule has 1 aromatic rings. The topological polar surface area (TPSA) is 38.0 Å². The van der Waals surface area contributed by atoms with E-state index in [1.165, 1.54) is 12.8 Å². The molecule has 1 unspecified atom stereocenters. The Balaban J connectivity index is 2.71. The summed E-state index contributed by atoms with van der Waals surface area (Å²) in [5.41, 5.74) is 9.00. The molecule has 0 aliphatic heterocycles. The van der Waals surface area contributed by atoms with Crippen molar-refractivity contribution in [3.63, 3.8) is 0 Å². The highest BCUT2D eigenvalue weighted by Crippen LogP contribution is 2.21. The highest BCUT2D eigenvalue weighted by molar-refractivity contribution is 5.62. The van der Waals surface area contributed by atoms with Crippen LogP contribution in [0.3, 0.4) is 0 Å². The molecular weight excluding hydrogens is 172 g/mol. The third-order valence-corrected chi connectivity index (χ3v) is 2.50. The van der Waals surface area contributed by atoms with Gasteiger partial charge in [-0.25, -0.2) is 0 Å². The maximum atomic E-state index is 5.83. The predicted octanol–water partition coefficient (Wildman–Crippen LogP) is 3.18. The van der Waals surface area contributed by atoms with E-state index in [1.807, 2.05) is 12.1 Å². The largest absolute Gasteiger partial charge is 0.398 e. The van der Waals surface area contributed by atoms with E-state index in [0.29, 0.717) is 6.04 Å². The lowest BCUT2D eigenvalue weighted by molar-refractivity contribution is 0.690. The Bertz CT molecular complexity index is 294. The normalized spacial score (nSPS) is 12.5. The second-order valence-corrected chi connectivity index (χ2v) is 3.85. The molecule has 0 saturated carbocycles. The molecule has 1 atom stereocenters. The van der Waals surface area contributed by atoms with E-state index in [9.17, 15) is 0 Å². The van der Waals surface area contributed by atoms with Crippen molar-refractivity contribution in [1.29, 1.82) is 0 Å². The number of hydrogen-bond donors (Lipinski definition) is 2. The number of anilines is 2. The Morgan fingerprint density at radius 2 is 2.14 bits per heavy atom. The van der Waals surface area contributed by atoms with Gasteiger partial charge >= 0.3 is 0 Å². The number of rotatable bonds is 4. The van der Waals surface area contributed by atoms with Crippen LogP contribution in [-0.2, 0) is 0 Å². The maximum absolute atomic E-state index is 5.83. The van der Waals surface area contributed by atoms with Gasteiger partial charge in [0.15, 0.2) is 0 Å². The number of nitrogen functional groups attached to an aromatic ring is 1. The van der Waals surface area contributed by atoms with Crippen LogP contribution in [0, 0.1) is 6.92 Å².